The van der Waals surface area contributed by atoms with Crippen LogP contribution in [0.5, 0.6) is 5.75 Å². The van der Waals surface area contributed by atoms with Crippen molar-refractivity contribution < 1.29 is 9.90 Å². The summed E-state index contributed by atoms with van der Waals surface area (Å²) in [6.45, 7) is 1.78. The molecule has 0 aromatic heterocycles. The lowest BCUT2D eigenvalue weighted by Gasteiger charge is -2.29. The van der Waals surface area contributed by atoms with E-state index in [1.165, 1.54) is 0 Å². The summed E-state index contributed by atoms with van der Waals surface area (Å²) < 4.78 is 0. The predicted molar refractivity (Wildman–Crippen MR) is 70.5 cm³/mol. The molecule has 4 heteroatoms. The van der Waals surface area contributed by atoms with E-state index in [4.69, 9.17) is 5.73 Å². The number of phenolic OH excluding ortho intramolecular Hbond substituents is 1. The molecule has 98 valence electrons. The molecule has 1 aromatic rings. The highest BCUT2D eigenvalue weighted by molar-refractivity contribution is 5.94. The number of aryl methyl sites for hydroxylation is 1. The largest absolute Gasteiger partial charge is 0.508 e. The lowest BCUT2D eigenvalue weighted by atomic mass is 9.91. The molecule has 1 aliphatic carbocycles. The second-order valence-corrected chi connectivity index (χ2v) is 5.03. The number of phenols is 1. The van der Waals surface area contributed by atoms with E-state index in [1.54, 1.807) is 25.1 Å². The first kappa shape index (κ1) is 12.9. The molecule has 2 atom stereocenters. The summed E-state index contributed by atoms with van der Waals surface area (Å²) in [5.41, 5.74) is 7.28. The van der Waals surface area contributed by atoms with Gasteiger partial charge in [0.1, 0.15) is 5.75 Å². The Morgan fingerprint density at radius 3 is 2.78 bits per heavy atom. The number of hydrogen-bond donors (Lipinski definition) is 3. The summed E-state index contributed by atoms with van der Waals surface area (Å²) >= 11 is 0. The highest BCUT2D eigenvalue weighted by Crippen LogP contribution is 2.19. The Hall–Kier alpha value is -1.55. The molecule has 0 unspecified atom stereocenters. The maximum Gasteiger partial charge on any atom is 0.251 e. The molecule has 0 heterocycles. The number of nitrogens with one attached hydrogen (secondary N) is 1. The van der Waals surface area contributed by atoms with Crippen LogP contribution in [0.1, 0.15) is 41.6 Å². The quantitative estimate of drug-likeness (QED) is 0.745. The van der Waals surface area contributed by atoms with Crippen molar-refractivity contribution in [3.63, 3.8) is 0 Å². The van der Waals surface area contributed by atoms with Crippen LogP contribution in [-0.2, 0) is 0 Å². The van der Waals surface area contributed by atoms with Crippen molar-refractivity contribution in [2.24, 2.45) is 5.73 Å². The molecule has 0 saturated heterocycles. The molecule has 4 nitrogen and oxygen atoms in total. The summed E-state index contributed by atoms with van der Waals surface area (Å²) in [4.78, 5) is 12.1. The van der Waals surface area contributed by atoms with Crippen LogP contribution in [-0.4, -0.2) is 23.1 Å². The first-order chi connectivity index (χ1) is 8.58. The van der Waals surface area contributed by atoms with Gasteiger partial charge in [-0.3, -0.25) is 4.79 Å². The molecule has 1 amide bonds. The number of rotatable bonds is 2. The topological polar surface area (TPSA) is 75.4 Å². The van der Waals surface area contributed by atoms with Crippen molar-refractivity contribution in [3.8, 4) is 5.75 Å². The maximum atomic E-state index is 12.1. The molecule has 1 aliphatic rings. The van der Waals surface area contributed by atoms with Crippen molar-refractivity contribution >= 4 is 5.91 Å². The molecule has 2 rings (SSSR count). The lowest BCUT2D eigenvalue weighted by Crippen LogP contribution is -2.49. The van der Waals surface area contributed by atoms with Gasteiger partial charge < -0.3 is 16.2 Å². The number of nitrogens with two attached hydrogens (primary N) is 1. The van der Waals surface area contributed by atoms with Crippen LogP contribution >= 0.6 is 0 Å². The summed E-state index contributed by atoms with van der Waals surface area (Å²) in [5.74, 6) is 0.0985. The number of amides is 1. The molecular weight excluding hydrogens is 228 g/mol. The molecule has 0 spiro atoms. The standard InChI is InChI=1S/C14H20N2O2/c1-9-8-10(6-7-13(9)17)14(18)16-12-5-3-2-4-11(12)15/h6-8,11-12,17H,2-5,15H2,1H3,(H,16,18)/t11-,12-/m1/s1. The Balaban J connectivity index is 2.04. The van der Waals surface area contributed by atoms with Crippen LogP contribution in [0.2, 0.25) is 0 Å². The second-order valence-electron chi connectivity index (χ2n) is 5.03. The van der Waals surface area contributed by atoms with Gasteiger partial charge in [0.2, 0.25) is 0 Å². The molecule has 1 saturated carbocycles. The van der Waals surface area contributed by atoms with Crippen LogP contribution in [0.25, 0.3) is 0 Å². The van der Waals surface area contributed by atoms with E-state index in [1.807, 2.05) is 0 Å². The minimum absolute atomic E-state index is 0.0564. The molecule has 4 N–H and O–H groups in total. The van der Waals surface area contributed by atoms with Gasteiger partial charge >= 0.3 is 0 Å². The lowest BCUT2D eigenvalue weighted by molar-refractivity contribution is 0.0921. The Bertz CT molecular complexity index is 445. The summed E-state index contributed by atoms with van der Waals surface area (Å²) in [5, 5.41) is 12.4. The molecule has 0 bridgehead atoms. The summed E-state index contributed by atoms with van der Waals surface area (Å²) in [7, 11) is 0. The zero-order chi connectivity index (χ0) is 13.1. The monoisotopic (exact) mass is 248 g/mol. The first-order valence-electron chi connectivity index (χ1n) is 6.44. The van der Waals surface area contributed by atoms with Crippen molar-refractivity contribution in [1.29, 1.82) is 0 Å². The maximum absolute atomic E-state index is 12.1. The SMILES string of the molecule is Cc1cc(C(=O)N[C@@H]2CCCC[C@H]2N)ccc1O. The number of carbonyl (C=O) groups is 1. The smallest absolute Gasteiger partial charge is 0.251 e. The van der Waals surface area contributed by atoms with Gasteiger partial charge in [0, 0.05) is 17.6 Å². The van der Waals surface area contributed by atoms with Gasteiger partial charge in [-0.05, 0) is 43.5 Å². The molecule has 0 radical (unpaired) electrons. The zero-order valence-corrected chi connectivity index (χ0v) is 10.6. The summed E-state index contributed by atoms with van der Waals surface area (Å²) in [6.07, 6.45) is 4.18. The minimum Gasteiger partial charge on any atom is -0.508 e. The van der Waals surface area contributed by atoms with E-state index in [2.05, 4.69) is 5.32 Å². The summed E-state index contributed by atoms with van der Waals surface area (Å²) in [6, 6.07) is 5.00. The average Bonchev–Trinajstić information content (AvgIpc) is 2.35. The number of hydrogen-bond acceptors (Lipinski definition) is 3. The number of benzene rings is 1. The second kappa shape index (κ2) is 5.40. The van der Waals surface area contributed by atoms with Gasteiger partial charge in [0.25, 0.3) is 5.91 Å². The van der Waals surface area contributed by atoms with Gasteiger partial charge in [0.15, 0.2) is 0 Å². The normalized spacial score (nSPS) is 23.7. The fraction of sp³-hybridized carbons (Fsp3) is 0.500. The van der Waals surface area contributed by atoms with Crippen molar-refractivity contribution in [3.05, 3.63) is 29.3 Å². The first-order valence-corrected chi connectivity index (χ1v) is 6.44. The average molecular weight is 248 g/mol. The number of carbonyl (C=O) groups excluding carboxylic acids is 1. The Kier molecular flexibility index (Phi) is 3.87. The van der Waals surface area contributed by atoms with Crippen LogP contribution in [0.3, 0.4) is 0 Å². The van der Waals surface area contributed by atoms with Gasteiger partial charge in [0.05, 0.1) is 0 Å². The minimum atomic E-state index is -0.111. The van der Waals surface area contributed by atoms with E-state index in [0.29, 0.717) is 11.1 Å². The highest BCUT2D eigenvalue weighted by Gasteiger charge is 2.23. The van der Waals surface area contributed by atoms with Crippen molar-refractivity contribution in [2.75, 3.05) is 0 Å². The highest BCUT2D eigenvalue weighted by atomic mass is 16.3. The third-order valence-electron chi connectivity index (χ3n) is 3.59. The van der Waals surface area contributed by atoms with Crippen LogP contribution in [0.15, 0.2) is 18.2 Å². The van der Waals surface area contributed by atoms with E-state index in [9.17, 15) is 9.90 Å². The third kappa shape index (κ3) is 2.82. The Morgan fingerprint density at radius 2 is 2.11 bits per heavy atom. The molecular formula is C14H20N2O2. The Morgan fingerprint density at radius 1 is 1.39 bits per heavy atom. The van der Waals surface area contributed by atoms with E-state index in [0.717, 1.165) is 25.7 Å². The third-order valence-corrected chi connectivity index (χ3v) is 3.59. The van der Waals surface area contributed by atoms with Crippen molar-refractivity contribution in [1.82, 2.24) is 5.32 Å². The predicted octanol–water partition coefficient (Wildman–Crippen LogP) is 1.70. The van der Waals surface area contributed by atoms with E-state index < -0.39 is 0 Å². The molecule has 1 aromatic carbocycles. The van der Waals surface area contributed by atoms with Crippen LogP contribution < -0.4 is 11.1 Å². The van der Waals surface area contributed by atoms with Gasteiger partial charge in [-0.2, -0.15) is 0 Å². The van der Waals surface area contributed by atoms with Crippen LogP contribution in [0, 0.1) is 6.92 Å². The molecule has 18 heavy (non-hydrogen) atoms. The zero-order valence-electron chi connectivity index (χ0n) is 10.6. The molecule has 1 fully saturated rings. The van der Waals surface area contributed by atoms with E-state index >= 15 is 0 Å². The van der Waals surface area contributed by atoms with Crippen molar-refractivity contribution in [2.45, 2.75) is 44.7 Å². The molecule has 0 aliphatic heterocycles. The van der Waals surface area contributed by atoms with Gasteiger partial charge in [-0.1, -0.05) is 12.8 Å². The van der Waals surface area contributed by atoms with Crippen LogP contribution in [0.4, 0.5) is 0 Å². The fourth-order valence-electron chi connectivity index (χ4n) is 2.39. The fourth-order valence-corrected chi connectivity index (χ4v) is 2.39. The van der Waals surface area contributed by atoms with E-state index in [-0.39, 0.29) is 23.7 Å². The van der Waals surface area contributed by atoms with Gasteiger partial charge in [-0.25, -0.2) is 0 Å². The number of aromatic hydroxyl groups is 1. The Labute approximate surface area is 107 Å². The van der Waals surface area contributed by atoms with Gasteiger partial charge in [-0.15, -0.1) is 0 Å².